The SMILES string of the molecule is Cc1ccc(Sc2ccc(-c3cnn4c(=O)[nH]cnc34)cc2C)cc1. The number of hydrogen-bond donors (Lipinski definition) is 1. The Morgan fingerprint density at radius 2 is 1.88 bits per heavy atom. The van der Waals surface area contributed by atoms with Crippen molar-refractivity contribution in [3.8, 4) is 11.1 Å². The van der Waals surface area contributed by atoms with Gasteiger partial charge in [-0.25, -0.2) is 9.78 Å². The smallest absolute Gasteiger partial charge is 0.296 e. The van der Waals surface area contributed by atoms with Crippen molar-refractivity contribution in [1.29, 1.82) is 0 Å². The molecule has 0 radical (unpaired) electrons. The van der Waals surface area contributed by atoms with Crippen molar-refractivity contribution < 1.29 is 0 Å². The number of benzene rings is 2. The molecular weight excluding hydrogens is 332 g/mol. The van der Waals surface area contributed by atoms with Crippen LogP contribution in [0.5, 0.6) is 0 Å². The van der Waals surface area contributed by atoms with E-state index in [2.05, 4.69) is 65.3 Å². The quantitative estimate of drug-likeness (QED) is 0.611. The Labute approximate surface area is 148 Å². The molecule has 0 saturated carbocycles. The standard InChI is InChI=1S/C19H16N4OS/c1-12-3-6-15(7-4-12)25-17-8-5-14(9-13(17)2)16-10-22-23-18(16)20-11-21-19(23)24/h3-11H,1-2H3,(H,20,21,24). The predicted molar refractivity (Wildman–Crippen MR) is 99.1 cm³/mol. The molecular formula is C19H16N4OS. The summed E-state index contributed by atoms with van der Waals surface area (Å²) >= 11 is 1.74. The monoisotopic (exact) mass is 348 g/mol. The van der Waals surface area contributed by atoms with Crippen LogP contribution in [0.4, 0.5) is 0 Å². The van der Waals surface area contributed by atoms with E-state index in [1.54, 1.807) is 18.0 Å². The van der Waals surface area contributed by atoms with E-state index in [-0.39, 0.29) is 5.69 Å². The van der Waals surface area contributed by atoms with Gasteiger partial charge in [0.15, 0.2) is 5.65 Å². The number of nitrogens with one attached hydrogen (secondary N) is 1. The van der Waals surface area contributed by atoms with Gasteiger partial charge in [-0.2, -0.15) is 9.61 Å². The molecule has 2 aromatic heterocycles. The summed E-state index contributed by atoms with van der Waals surface area (Å²) in [5.41, 5.74) is 4.54. The molecule has 6 heteroatoms. The molecule has 2 heterocycles. The normalized spacial score (nSPS) is 11.1. The Kier molecular flexibility index (Phi) is 3.89. The molecule has 0 bridgehead atoms. The molecule has 0 aliphatic heterocycles. The summed E-state index contributed by atoms with van der Waals surface area (Å²) in [6.07, 6.45) is 3.08. The maximum atomic E-state index is 11.8. The largest absolute Gasteiger partial charge is 0.349 e. The van der Waals surface area contributed by atoms with Crippen LogP contribution in [0.25, 0.3) is 16.8 Å². The van der Waals surface area contributed by atoms with Crippen LogP contribution in [-0.2, 0) is 0 Å². The van der Waals surface area contributed by atoms with Gasteiger partial charge in [0.2, 0.25) is 0 Å². The molecule has 4 rings (SSSR count). The number of rotatable bonds is 3. The fraction of sp³-hybridized carbons (Fsp3) is 0.105. The lowest BCUT2D eigenvalue weighted by Crippen LogP contribution is -2.17. The highest BCUT2D eigenvalue weighted by Crippen LogP contribution is 2.33. The summed E-state index contributed by atoms with van der Waals surface area (Å²) in [5.74, 6) is 0. The molecule has 0 aliphatic rings. The van der Waals surface area contributed by atoms with Crippen LogP contribution in [0.1, 0.15) is 11.1 Å². The molecule has 0 unspecified atom stereocenters. The van der Waals surface area contributed by atoms with Crippen molar-refractivity contribution in [2.45, 2.75) is 23.6 Å². The van der Waals surface area contributed by atoms with E-state index in [4.69, 9.17) is 0 Å². The Morgan fingerprint density at radius 1 is 1.08 bits per heavy atom. The molecule has 0 fully saturated rings. The van der Waals surface area contributed by atoms with E-state index >= 15 is 0 Å². The third-order valence-corrected chi connectivity index (χ3v) is 5.23. The molecule has 0 aliphatic carbocycles. The van der Waals surface area contributed by atoms with Crippen molar-refractivity contribution in [1.82, 2.24) is 19.6 Å². The van der Waals surface area contributed by atoms with Crippen LogP contribution in [0, 0.1) is 13.8 Å². The lowest BCUT2D eigenvalue weighted by Gasteiger charge is -2.08. The van der Waals surface area contributed by atoms with Crippen molar-refractivity contribution >= 4 is 17.4 Å². The Balaban J connectivity index is 1.70. The van der Waals surface area contributed by atoms with E-state index in [0.29, 0.717) is 5.65 Å². The maximum absolute atomic E-state index is 11.8. The maximum Gasteiger partial charge on any atom is 0.349 e. The van der Waals surface area contributed by atoms with Crippen LogP contribution in [-0.4, -0.2) is 19.6 Å². The summed E-state index contributed by atoms with van der Waals surface area (Å²) in [4.78, 5) is 21.0. The third-order valence-electron chi connectivity index (χ3n) is 4.05. The van der Waals surface area contributed by atoms with Crippen LogP contribution in [0.2, 0.25) is 0 Å². The molecule has 124 valence electrons. The number of nitrogens with zero attached hydrogens (tertiary/aromatic N) is 3. The van der Waals surface area contributed by atoms with Crippen molar-refractivity contribution in [3.63, 3.8) is 0 Å². The molecule has 1 N–H and O–H groups in total. The first-order valence-corrected chi connectivity index (χ1v) is 8.70. The zero-order chi connectivity index (χ0) is 17.4. The van der Waals surface area contributed by atoms with E-state index in [0.717, 1.165) is 11.1 Å². The van der Waals surface area contributed by atoms with Crippen molar-refractivity contribution in [2.75, 3.05) is 0 Å². The highest BCUT2D eigenvalue weighted by molar-refractivity contribution is 7.99. The van der Waals surface area contributed by atoms with Gasteiger partial charge in [-0.15, -0.1) is 0 Å². The van der Waals surface area contributed by atoms with E-state index in [1.165, 1.54) is 31.8 Å². The molecule has 0 amide bonds. The fourth-order valence-electron chi connectivity index (χ4n) is 2.69. The summed E-state index contributed by atoms with van der Waals surface area (Å²) in [5, 5.41) is 4.13. The molecule has 0 saturated heterocycles. The van der Waals surface area contributed by atoms with Gasteiger partial charge in [-0.1, -0.05) is 41.6 Å². The number of aryl methyl sites for hydroxylation is 2. The zero-order valence-corrected chi connectivity index (χ0v) is 14.7. The average molecular weight is 348 g/mol. The lowest BCUT2D eigenvalue weighted by atomic mass is 10.1. The van der Waals surface area contributed by atoms with Gasteiger partial charge in [0, 0.05) is 15.4 Å². The second-order valence-electron chi connectivity index (χ2n) is 5.90. The van der Waals surface area contributed by atoms with Crippen molar-refractivity contribution in [3.05, 3.63) is 76.6 Å². The van der Waals surface area contributed by atoms with Gasteiger partial charge in [-0.3, -0.25) is 4.98 Å². The average Bonchev–Trinajstić information content (AvgIpc) is 3.04. The summed E-state index contributed by atoms with van der Waals surface area (Å²) in [6, 6.07) is 14.8. The van der Waals surface area contributed by atoms with Gasteiger partial charge in [0.05, 0.1) is 12.5 Å². The highest BCUT2D eigenvalue weighted by atomic mass is 32.2. The van der Waals surface area contributed by atoms with Gasteiger partial charge >= 0.3 is 5.69 Å². The number of aromatic nitrogens is 4. The number of aromatic amines is 1. The fourth-order valence-corrected chi connectivity index (χ4v) is 3.58. The first-order valence-electron chi connectivity index (χ1n) is 7.89. The van der Waals surface area contributed by atoms with Crippen LogP contribution >= 0.6 is 11.8 Å². The summed E-state index contributed by atoms with van der Waals surface area (Å²) in [7, 11) is 0. The molecule has 4 aromatic rings. The second kappa shape index (κ2) is 6.22. The van der Waals surface area contributed by atoms with E-state index in [9.17, 15) is 4.79 Å². The Bertz CT molecular complexity index is 1110. The number of H-pyrrole nitrogens is 1. The molecule has 0 atom stereocenters. The van der Waals surface area contributed by atoms with Gasteiger partial charge < -0.3 is 0 Å². The van der Waals surface area contributed by atoms with Crippen LogP contribution in [0.3, 0.4) is 0 Å². The minimum Gasteiger partial charge on any atom is -0.296 e. The summed E-state index contributed by atoms with van der Waals surface area (Å²) in [6.45, 7) is 4.18. The minimum atomic E-state index is -0.292. The number of fused-ring (bicyclic) bond motifs is 1. The van der Waals surface area contributed by atoms with Crippen LogP contribution < -0.4 is 5.69 Å². The molecule has 2 aromatic carbocycles. The first-order chi connectivity index (χ1) is 12.1. The third kappa shape index (κ3) is 2.96. The zero-order valence-electron chi connectivity index (χ0n) is 13.9. The number of hydrogen-bond acceptors (Lipinski definition) is 4. The molecule has 5 nitrogen and oxygen atoms in total. The predicted octanol–water partition coefficient (Wildman–Crippen LogP) is 3.85. The molecule has 0 spiro atoms. The minimum absolute atomic E-state index is 0.292. The lowest BCUT2D eigenvalue weighted by molar-refractivity contribution is 0.840. The highest BCUT2D eigenvalue weighted by Gasteiger charge is 2.11. The second-order valence-corrected chi connectivity index (χ2v) is 7.01. The van der Waals surface area contributed by atoms with E-state index in [1.807, 2.05) is 6.07 Å². The summed E-state index contributed by atoms with van der Waals surface area (Å²) < 4.78 is 1.28. The topological polar surface area (TPSA) is 63.1 Å². The van der Waals surface area contributed by atoms with Crippen molar-refractivity contribution in [2.24, 2.45) is 0 Å². The van der Waals surface area contributed by atoms with Gasteiger partial charge in [0.25, 0.3) is 0 Å². The first kappa shape index (κ1) is 15.7. The Hall–Kier alpha value is -2.86. The van der Waals surface area contributed by atoms with E-state index < -0.39 is 0 Å². The molecule has 25 heavy (non-hydrogen) atoms. The van der Waals surface area contributed by atoms with Crippen LogP contribution in [0.15, 0.2) is 69.6 Å². The van der Waals surface area contributed by atoms with Gasteiger partial charge in [0.1, 0.15) is 0 Å². The van der Waals surface area contributed by atoms with Gasteiger partial charge in [-0.05, 0) is 43.2 Å². The Morgan fingerprint density at radius 3 is 2.64 bits per heavy atom.